The van der Waals surface area contributed by atoms with Crippen LogP contribution in [0.1, 0.15) is 25.0 Å². The van der Waals surface area contributed by atoms with Crippen LogP contribution in [0.5, 0.6) is 0 Å². The molecule has 1 heterocycles. The van der Waals surface area contributed by atoms with Gasteiger partial charge in [-0.25, -0.2) is 4.39 Å². The van der Waals surface area contributed by atoms with E-state index in [1.54, 1.807) is 30.0 Å². The lowest BCUT2D eigenvalue weighted by molar-refractivity contribution is 0.167. The first-order valence-corrected chi connectivity index (χ1v) is 7.99. The third-order valence-corrected chi connectivity index (χ3v) is 6.37. The van der Waals surface area contributed by atoms with Crippen molar-refractivity contribution >= 4 is 23.5 Å². The van der Waals surface area contributed by atoms with Gasteiger partial charge in [0, 0.05) is 27.6 Å². The minimum Gasteiger partial charge on any atom is -0.387 e. The summed E-state index contributed by atoms with van der Waals surface area (Å²) in [6.07, 6.45) is 0.326. The zero-order valence-corrected chi connectivity index (χ0v) is 11.4. The van der Waals surface area contributed by atoms with Crippen LogP contribution < -0.4 is 0 Å². The first-order chi connectivity index (χ1) is 8.24. The number of aliphatic hydroxyl groups is 1. The standard InChI is InChI=1S/C13H17FOS2/c1-2-11-13(17-8-7-16-11)12(15)9-5-3-4-6-10(9)14/h3-6,11-13,15H,2,7-8H2,1H3. The van der Waals surface area contributed by atoms with Crippen molar-refractivity contribution < 1.29 is 9.50 Å². The van der Waals surface area contributed by atoms with E-state index < -0.39 is 6.10 Å². The van der Waals surface area contributed by atoms with Crippen molar-refractivity contribution in [1.29, 1.82) is 0 Å². The molecule has 1 aliphatic heterocycles. The Balaban J connectivity index is 2.18. The summed E-state index contributed by atoms with van der Waals surface area (Å²) in [7, 11) is 0. The molecule has 2 rings (SSSR count). The number of rotatable bonds is 3. The van der Waals surface area contributed by atoms with E-state index in [-0.39, 0.29) is 11.1 Å². The van der Waals surface area contributed by atoms with Gasteiger partial charge in [-0.05, 0) is 12.5 Å². The van der Waals surface area contributed by atoms with Crippen molar-refractivity contribution in [1.82, 2.24) is 0 Å². The summed E-state index contributed by atoms with van der Waals surface area (Å²) in [5.41, 5.74) is 0.436. The Morgan fingerprint density at radius 3 is 2.76 bits per heavy atom. The van der Waals surface area contributed by atoms with E-state index in [1.807, 2.05) is 11.8 Å². The zero-order valence-electron chi connectivity index (χ0n) is 9.80. The molecule has 0 spiro atoms. The van der Waals surface area contributed by atoms with Gasteiger partial charge in [-0.15, -0.1) is 0 Å². The largest absolute Gasteiger partial charge is 0.387 e. The maximum atomic E-state index is 13.6. The Hall–Kier alpha value is -0.190. The summed E-state index contributed by atoms with van der Waals surface area (Å²) < 4.78 is 13.6. The van der Waals surface area contributed by atoms with Gasteiger partial charge >= 0.3 is 0 Å². The lowest BCUT2D eigenvalue weighted by Crippen LogP contribution is -2.31. The molecule has 3 unspecified atom stereocenters. The predicted molar refractivity (Wildman–Crippen MR) is 74.1 cm³/mol. The quantitative estimate of drug-likeness (QED) is 0.909. The van der Waals surface area contributed by atoms with Crippen LogP contribution >= 0.6 is 23.5 Å². The van der Waals surface area contributed by atoms with Gasteiger partial charge in [0.2, 0.25) is 0 Å². The van der Waals surface area contributed by atoms with Crippen molar-refractivity contribution in [3.63, 3.8) is 0 Å². The van der Waals surface area contributed by atoms with E-state index in [1.165, 1.54) is 6.07 Å². The van der Waals surface area contributed by atoms with E-state index in [4.69, 9.17) is 0 Å². The van der Waals surface area contributed by atoms with Gasteiger partial charge < -0.3 is 5.11 Å². The number of benzene rings is 1. The van der Waals surface area contributed by atoms with Gasteiger partial charge in [0.15, 0.2) is 0 Å². The van der Waals surface area contributed by atoms with Crippen LogP contribution in [0.3, 0.4) is 0 Å². The Morgan fingerprint density at radius 2 is 2.06 bits per heavy atom. The lowest BCUT2D eigenvalue weighted by atomic mass is 10.0. The number of aliphatic hydroxyl groups excluding tert-OH is 1. The van der Waals surface area contributed by atoms with Crippen molar-refractivity contribution in [3.05, 3.63) is 35.6 Å². The predicted octanol–water partition coefficient (Wildman–Crippen LogP) is 3.49. The third-order valence-electron chi connectivity index (χ3n) is 3.03. The second-order valence-corrected chi connectivity index (χ2v) is 6.75. The lowest BCUT2D eigenvalue weighted by Gasteiger charge is -2.33. The molecule has 0 radical (unpaired) electrons. The second kappa shape index (κ2) is 6.12. The number of hydrogen-bond donors (Lipinski definition) is 1. The average Bonchev–Trinajstić information content (AvgIpc) is 2.38. The minimum atomic E-state index is -0.695. The molecule has 0 saturated carbocycles. The smallest absolute Gasteiger partial charge is 0.129 e. The maximum Gasteiger partial charge on any atom is 0.129 e. The molecule has 4 heteroatoms. The average molecular weight is 272 g/mol. The highest BCUT2D eigenvalue weighted by Crippen LogP contribution is 2.40. The molecule has 3 atom stereocenters. The molecule has 1 fully saturated rings. The van der Waals surface area contributed by atoms with Crippen LogP contribution in [-0.2, 0) is 0 Å². The SMILES string of the molecule is CCC1SCCSC1C(O)c1ccccc1F. The minimum absolute atomic E-state index is 0.107. The van der Waals surface area contributed by atoms with Crippen LogP contribution in [0.25, 0.3) is 0 Å². The van der Waals surface area contributed by atoms with Gasteiger partial charge in [0.05, 0.1) is 6.10 Å². The fourth-order valence-corrected chi connectivity index (χ4v) is 5.25. The van der Waals surface area contributed by atoms with Crippen LogP contribution in [0.15, 0.2) is 24.3 Å². The highest BCUT2D eigenvalue weighted by molar-refractivity contribution is 8.07. The monoisotopic (exact) mass is 272 g/mol. The van der Waals surface area contributed by atoms with E-state index in [0.717, 1.165) is 17.9 Å². The normalized spacial score (nSPS) is 26.8. The molecule has 1 aromatic carbocycles. The first-order valence-electron chi connectivity index (χ1n) is 5.89. The Kier molecular flexibility index (Phi) is 4.77. The summed E-state index contributed by atoms with van der Waals surface area (Å²) in [4.78, 5) is 0. The summed E-state index contributed by atoms with van der Waals surface area (Å²) in [5, 5.41) is 10.9. The molecular formula is C13H17FOS2. The Morgan fingerprint density at radius 1 is 1.35 bits per heavy atom. The summed E-state index contributed by atoms with van der Waals surface area (Å²) in [6, 6.07) is 6.54. The first kappa shape index (κ1) is 13.2. The Bertz CT molecular complexity index is 372. The number of hydrogen-bond acceptors (Lipinski definition) is 3. The van der Waals surface area contributed by atoms with Gasteiger partial charge in [-0.1, -0.05) is 25.1 Å². The van der Waals surface area contributed by atoms with Crippen LogP contribution in [0, 0.1) is 5.82 Å². The molecule has 17 heavy (non-hydrogen) atoms. The second-order valence-electron chi connectivity index (χ2n) is 4.12. The fourth-order valence-electron chi connectivity index (χ4n) is 2.12. The van der Waals surface area contributed by atoms with Crippen LogP contribution in [0.2, 0.25) is 0 Å². The summed E-state index contributed by atoms with van der Waals surface area (Å²) in [6.45, 7) is 2.13. The van der Waals surface area contributed by atoms with E-state index in [2.05, 4.69) is 6.92 Å². The van der Waals surface area contributed by atoms with Gasteiger partial charge in [0.25, 0.3) is 0 Å². The van der Waals surface area contributed by atoms with Crippen molar-refractivity contribution in [2.24, 2.45) is 0 Å². The molecule has 1 N–H and O–H groups in total. The van der Waals surface area contributed by atoms with Crippen molar-refractivity contribution in [3.8, 4) is 0 Å². The van der Waals surface area contributed by atoms with Crippen molar-refractivity contribution in [2.45, 2.75) is 29.9 Å². The van der Waals surface area contributed by atoms with Gasteiger partial charge in [-0.2, -0.15) is 23.5 Å². The topological polar surface area (TPSA) is 20.2 Å². The highest BCUT2D eigenvalue weighted by Gasteiger charge is 2.32. The Labute approximate surface area is 110 Å². The zero-order chi connectivity index (χ0) is 12.3. The van der Waals surface area contributed by atoms with Crippen LogP contribution in [-0.4, -0.2) is 27.1 Å². The molecule has 94 valence electrons. The molecule has 1 saturated heterocycles. The van der Waals surface area contributed by atoms with E-state index in [0.29, 0.717) is 10.8 Å². The molecule has 0 amide bonds. The molecule has 1 aliphatic rings. The van der Waals surface area contributed by atoms with Crippen molar-refractivity contribution in [2.75, 3.05) is 11.5 Å². The van der Waals surface area contributed by atoms with Gasteiger partial charge in [0.1, 0.15) is 5.82 Å². The molecule has 0 aromatic heterocycles. The summed E-state index contributed by atoms with van der Waals surface area (Å²) >= 11 is 3.67. The highest BCUT2D eigenvalue weighted by atomic mass is 32.2. The molecule has 1 aromatic rings. The fraction of sp³-hybridized carbons (Fsp3) is 0.538. The van der Waals surface area contributed by atoms with E-state index in [9.17, 15) is 9.50 Å². The third kappa shape index (κ3) is 2.98. The summed E-state index contributed by atoms with van der Waals surface area (Å²) in [5.74, 6) is 1.87. The number of halogens is 1. The number of thioether (sulfide) groups is 2. The molecule has 0 aliphatic carbocycles. The van der Waals surface area contributed by atoms with Gasteiger partial charge in [-0.3, -0.25) is 0 Å². The van der Waals surface area contributed by atoms with Crippen LogP contribution in [0.4, 0.5) is 4.39 Å². The molecular weight excluding hydrogens is 255 g/mol. The molecule has 0 bridgehead atoms. The maximum absolute atomic E-state index is 13.6. The molecule has 1 nitrogen and oxygen atoms in total. The van der Waals surface area contributed by atoms with E-state index >= 15 is 0 Å².